The van der Waals surface area contributed by atoms with Gasteiger partial charge in [0.25, 0.3) is 11.8 Å². The quantitative estimate of drug-likeness (QED) is 0.729. The summed E-state index contributed by atoms with van der Waals surface area (Å²) in [5.74, 6) is -1.35. The van der Waals surface area contributed by atoms with Crippen molar-refractivity contribution in [2.75, 3.05) is 0 Å². The Balaban J connectivity index is 1.76. The third-order valence-corrected chi connectivity index (χ3v) is 3.73. The number of para-hydroxylation sites is 2. The predicted octanol–water partition coefficient (Wildman–Crippen LogP) is 2.85. The SMILES string of the molecule is Cn1cc(/C=C/C(=O)NC(=O)c2ccccc2O)c2ccccc21. The number of aromatic nitrogens is 1. The van der Waals surface area contributed by atoms with Crippen LogP contribution in [0.5, 0.6) is 5.75 Å². The summed E-state index contributed by atoms with van der Waals surface area (Å²) < 4.78 is 1.97. The zero-order chi connectivity index (χ0) is 17.1. The average Bonchev–Trinajstić information content (AvgIpc) is 2.90. The topological polar surface area (TPSA) is 71.3 Å². The number of hydrogen-bond donors (Lipinski definition) is 2. The van der Waals surface area contributed by atoms with Crippen LogP contribution in [-0.2, 0) is 11.8 Å². The molecule has 2 amide bonds. The van der Waals surface area contributed by atoms with Gasteiger partial charge in [0.1, 0.15) is 5.75 Å². The second kappa shape index (κ2) is 6.42. The predicted molar refractivity (Wildman–Crippen MR) is 92.5 cm³/mol. The van der Waals surface area contributed by atoms with E-state index in [9.17, 15) is 14.7 Å². The van der Waals surface area contributed by atoms with Gasteiger partial charge in [-0.25, -0.2) is 0 Å². The normalized spacial score (nSPS) is 11.0. The van der Waals surface area contributed by atoms with E-state index < -0.39 is 11.8 Å². The maximum Gasteiger partial charge on any atom is 0.261 e. The molecule has 0 aliphatic rings. The lowest BCUT2D eigenvalue weighted by Crippen LogP contribution is -2.28. The first-order valence-electron chi connectivity index (χ1n) is 7.41. The Hall–Kier alpha value is -3.34. The van der Waals surface area contributed by atoms with Crippen molar-refractivity contribution in [2.24, 2.45) is 7.05 Å². The lowest BCUT2D eigenvalue weighted by molar-refractivity contribution is -0.115. The van der Waals surface area contributed by atoms with Crippen LogP contribution < -0.4 is 5.32 Å². The molecule has 24 heavy (non-hydrogen) atoms. The van der Waals surface area contributed by atoms with Crippen molar-refractivity contribution in [1.82, 2.24) is 9.88 Å². The van der Waals surface area contributed by atoms with Gasteiger partial charge < -0.3 is 9.67 Å². The Labute approximate surface area is 138 Å². The number of imide groups is 1. The van der Waals surface area contributed by atoms with Crippen molar-refractivity contribution in [2.45, 2.75) is 0 Å². The van der Waals surface area contributed by atoms with Gasteiger partial charge in [-0.1, -0.05) is 30.3 Å². The van der Waals surface area contributed by atoms with Crippen molar-refractivity contribution >= 4 is 28.8 Å². The van der Waals surface area contributed by atoms with Gasteiger partial charge in [-0.05, 0) is 24.3 Å². The van der Waals surface area contributed by atoms with Crippen LogP contribution in [0.3, 0.4) is 0 Å². The molecule has 1 heterocycles. The van der Waals surface area contributed by atoms with Crippen LogP contribution in [0.1, 0.15) is 15.9 Å². The third-order valence-electron chi connectivity index (χ3n) is 3.73. The Morgan fingerprint density at radius 1 is 1.08 bits per heavy atom. The highest BCUT2D eigenvalue weighted by molar-refractivity contribution is 6.10. The molecule has 0 bridgehead atoms. The van der Waals surface area contributed by atoms with E-state index in [0.29, 0.717) is 0 Å². The highest BCUT2D eigenvalue weighted by atomic mass is 16.3. The number of fused-ring (bicyclic) bond motifs is 1. The molecule has 0 unspecified atom stereocenters. The first-order valence-corrected chi connectivity index (χ1v) is 7.41. The van der Waals surface area contributed by atoms with Crippen LogP contribution in [0.25, 0.3) is 17.0 Å². The number of amides is 2. The monoisotopic (exact) mass is 320 g/mol. The van der Waals surface area contributed by atoms with Gasteiger partial charge in [0.15, 0.2) is 0 Å². The van der Waals surface area contributed by atoms with Gasteiger partial charge >= 0.3 is 0 Å². The van der Waals surface area contributed by atoms with E-state index in [1.807, 2.05) is 42.1 Å². The Bertz CT molecular complexity index is 954. The summed E-state index contributed by atoms with van der Waals surface area (Å²) in [4.78, 5) is 23.9. The maximum atomic E-state index is 12.0. The minimum Gasteiger partial charge on any atom is -0.507 e. The fraction of sp³-hybridized carbons (Fsp3) is 0.0526. The number of rotatable bonds is 3. The van der Waals surface area contributed by atoms with Gasteiger partial charge in [0.05, 0.1) is 5.56 Å². The molecular weight excluding hydrogens is 304 g/mol. The fourth-order valence-corrected chi connectivity index (χ4v) is 2.56. The number of carbonyl (C=O) groups excluding carboxylic acids is 2. The first-order chi connectivity index (χ1) is 11.6. The van der Waals surface area contributed by atoms with Crippen molar-refractivity contribution in [3.8, 4) is 5.75 Å². The van der Waals surface area contributed by atoms with E-state index in [1.54, 1.807) is 18.2 Å². The summed E-state index contributed by atoms with van der Waals surface area (Å²) in [6.45, 7) is 0. The highest BCUT2D eigenvalue weighted by Gasteiger charge is 2.12. The standard InChI is InChI=1S/C19H16N2O3/c1-21-12-13(14-6-2-4-8-16(14)21)10-11-18(23)20-19(24)15-7-3-5-9-17(15)22/h2-12,22H,1H3,(H,20,23,24)/b11-10+. The molecule has 1 aromatic heterocycles. The van der Waals surface area contributed by atoms with Crippen LogP contribution in [0.15, 0.2) is 60.8 Å². The molecule has 5 heteroatoms. The second-order valence-corrected chi connectivity index (χ2v) is 5.38. The number of aromatic hydroxyl groups is 1. The summed E-state index contributed by atoms with van der Waals surface area (Å²) in [5.41, 5.74) is 2.01. The lowest BCUT2D eigenvalue weighted by atomic mass is 10.1. The molecular formula is C19H16N2O3. The van der Waals surface area contributed by atoms with Crippen LogP contribution in [-0.4, -0.2) is 21.5 Å². The van der Waals surface area contributed by atoms with Crippen LogP contribution >= 0.6 is 0 Å². The van der Waals surface area contributed by atoms with Gasteiger partial charge in [-0.3, -0.25) is 14.9 Å². The van der Waals surface area contributed by atoms with E-state index in [1.165, 1.54) is 18.2 Å². The van der Waals surface area contributed by atoms with Gasteiger partial charge in [-0.15, -0.1) is 0 Å². The van der Waals surface area contributed by atoms with Crippen molar-refractivity contribution in [3.05, 3.63) is 71.9 Å². The Kier molecular flexibility index (Phi) is 4.16. The molecule has 0 aliphatic heterocycles. The summed E-state index contributed by atoms with van der Waals surface area (Å²) in [6, 6.07) is 13.9. The van der Waals surface area contributed by atoms with Crippen molar-refractivity contribution in [1.29, 1.82) is 0 Å². The lowest BCUT2D eigenvalue weighted by Gasteiger charge is -2.03. The molecule has 0 spiro atoms. The third kappa shape index (κ3) is 3.05. The molecule has 120 valence electrons. The highest BCUT2D eigenvalue weighted by Crippen LogP contribution is 2.21. The van der Waals surface area contributed by atoms with Crippen LogP contribution in [0.4, 0.5) is 0 Å². The fourth-order valence-electron chi connectivity index (χ4n) is 2.56. The van der Waals surface area contributed by atoms with Crippen molar-refractivity contribution in [3.63, 3.8) is 0 Å². The number of benzene rings is 2. The van der Waals surface area contributed by atoms with E-state index >= 15 is 0 Å². The molecule has 2 aromatic carbocycles. The number of nitrogens with one attached hydrogen (secondary N) is 1. The minimum absolute atomic E-state index is 0.0596. The van der Waals surface area contributed by atoms with E-state index in [-0.39, 0.29) is 11.3 Å². The van der Waals surface area contributed by atoms with Crippen LogP contribution in [0.2, 0.25) is 0 Å². The van der Waals surface area contributed by atoms with E-state index in [2.05, 4.69) is 5.32 Å². The molecule has 0 saturated heterocycles. The van der Waals surface area contributed by atoms with Gasteiger partial charge in [0.2, 0.25) is 0 Å². The molecule has 0 radical (unpaired) electrons. The van der Waals surface area contributed by atoms with E-state index in [4.69, 9.17) is 0 Å². The zero-order valence-electron chi connectivity index (χ0n) is 13.1. The van der Waals surface area contributed by atoms with Crippen molar-refractivity contribution < 1.29 is 14.7 Å². The summed E-state index contributed by atoms with van der Waals surface area (Å²) in [7, 11) is 1.93. The van der Waals surface area contributed by atoms with E-state index in [0.717, 1.165) is 16.5 Å². The number of hydrogen-bond acceptors (Lipinski definition) is 3. The molecule has 0 aliphatic carbocycles. The number of phenolic OH excluding ortho intramolecular Hbond substituents is 1. The number of nitrogens with zero attached hydrogens (tertiary/aromatic N) is 1. The molecule has 0 atom stereocenters. The smallest absolute Gasteiger partial charge is 0.261 e. The summed E-state index contributed by atoms with van der Waals surface area (Å²) >= 11 is 0. The van der Waals surface area contributed by atoms with Gasteiger partial charge in [0, 0.05) is 35.8 Å². The summed E-state index contributed by atoms with van der Waals surface area (Å²) in [5, 5.41) is 12.9. The Morgan fingerprint density at radius 2 is 1.79 bits per heavy atom. The zero-order valence-corrected chi connectivity index (χ0v) is 13.1. The average molecular weight is 320 g/mol. The maximum absolute atomic E-state index is 12.0. The molecule has 3 rings (SSSR count). The first kappa shape index (κ1) is 15.6. The molecule has 3 aromatic rings. The number of aryl methyl sites for hydroxylation is 1. The number of carbonyl (C=O) groups is 2. The molecule has 2 N–H and O–H groups in total. The summed E-state index contributed by atoms with van der Waals surface area (Å²) in [6.07, 6.45) is 4.88. The molecule has 5 nitrogen and oxygen atoms in total. The minimum atomic E-state index is -0.638. The van der Waals surface area contributed by atoms with Crippen LogP contribution in [0, 0.1) is 0 Å². The second-order valence-electron chi connectivity index (χ2n) is 5.38. The Morgan fingerprint density at radius 3 is 2.58 bits per heavy atom. The molecule has 0 fully saturated rings. The van der Waals surface area contributed by atoms with Gasteiger partial charge in [-0.2, -0.15) is 0 Å². The molecule has 0 saturated carbocycles. The largest absolute Gasteiger partial charge is 0.507 e. The number of phenols is 1.